The Kier molecular flexibility index (Phi) is 7.53. The van der Waals surface area contributed by atoms with Crippen LogP contribution in [0.5, 0.6) is 0 Å². The zero-order valence-corrected chi connectivity index (χ0v) is 16.9. The lowest BCUT2D eigenvalue weighted by molar-refractivity contribution is 0.0954. The van der Waals surface area contributed by atoms with Gasteiger partial charge in [0, 0.05) is 57.7 Å². The number of amides is 1. The van der Waals surface area contributed by atoms with Crippen LogP contribution in [0.25, 0.3) is 0 Å². The molecule has 9 heteroatoms. The number of benzene rings is 1. The molecule has 7 nitrogen and oxygen atoms in total. The van der Waals surface area contributed by atoms with E-state index in [2.05, 4.69) is 25.5 Å². The van der Waals surface area contributed by atoms with Crippen molar-refractivity contribution in [3.05, 3.63) is 59.9 Å². The Balaban J connectivity index is 1.52. The van der Waals surface area contributed by atoms with Gasteiger partial charge in [0.15, 0.2) is 5.96 Å². The molecule has 1 aliphatic rings. The predicted molar refractivity (Wildman–Crippen MR) is 113 cm³/mol. The highest BCUT2D eigenvalue weighted by Gasteiger charge is 2.22. The van der Waals surface area contributed by atoms with Gasteiger partial charge in [-0.25, -0.2) is 8.78 Å². The molecule has 1 amide bonds. The highest BCUT2D eigenvalue weighted by atomic mass is 19.1. The van der Waals surface area contributed by atoms with E-state index in [0.717, 1.165) is 18.1 Å². The number of piperazine rings is 1. The van der Waals surface area contributed by atoms with Crippen LogP contribution in [0.2, 0.25) is 0 Å². The Morgan fingerprint density at radius 1 is 1.17 bits per heavy atom. The van der Waals surface area contributed by atoms with Crippen LogP contribution in [0.3, 0.4) is 0 Å². The molecule has 1 fully saturated rings. The lowest BCUT2D eigenvalue weighted by Gasteiger charge is -2.37. The van der Waals surface area contributed by atoms with Gasteiger partial charge in [-0.1, -0.05) is 0 Å². The van der Waals surface area contributed by atoms with Crippen LogP contribution < -0.4 is 15.5 Å². The fraction of sp³-hybridized carbons (Fsp3) is 0.381. The number of rotatable bonds is 6. The van der Waals surface area contributed by atoms with Crippen molar-refractivity contribution in [1.82, 2.24) is 20.5 Å². The summed E-state index contributed by atoms with van der Waals surface area (Å²) in [4.78, 5) is 24.5. The Hall–Kier alpha value is -3.23. The van der Waals surface area contributed by atoms with Crippen LogP contribution in [-0.2, 0) is 0 Å². The van der Waals surface area contributed by atoms with E-state index >= 15 is 0 Å². The van der Waals surface area contributed by atoms with Crippen molar-refractivity contribution in [3.8, 4) is 0 Å². The first-order valence-electron chi connectivity index (χ1n) is 10.00. The molecule has 2 heterocycles. The number of hydrogen-bond donors (Lipinski definition) is 2. The standard InChI is InChI=1S/C21H26F2N6O/c1-2-25-21(27-9-8-26-20(30)16-4-3-7-24-15-16)29-12-10-28(11-13-29)19-14-17(22)5-6-18(19)23/h3-7,14-15H,2,8-13H2,1H3,(H,25,27)(H,26,30). The van der Waals surface area contributed by atoms with Gasteiger partial charge in [-0.05, 0) is 31.2 Å². The minimum atomic E-state index is -0.447. The van der Waals surface area contributed by atoms with Gasteiger partial charge >= 0.3 is 0 Å². The summed E-state index contributed by atoms with van der Waals surface area (Å²) in [5.41, 5.74) is 0.795. The number of pyridine rings is 1. The molecule has 1 aliphatic heterocycles. The van der Waals surface area contributed by atoms with Gasteiger partial charge in [-0.15, -0.1) is 0 Å². The average molecular weight is 416 g/mol. The second-order valence-corrected chi connectivity index (χ2v) is 6.80. The number of carbonyl (C=O) groups is 1. The lowest BCUT2D eigenvalue weighted by atomic mass is 10.2. The Morgan fingerprint density at radius 3 is 2.67 bits per heavy atom. The molecular formula is C21H26F2N6O. The summed E-state index contributed by atoms with van der Waals surface area (Å²) in [6.07, 6.45) is 3.13. The van der Waals surface area contributed by atoms with Gasteiger partial charge in [0.1, 0.15) is 11.6 Å². The molecule has 1 aromatic carbocycles. The molecule has 0 radical (unpaired) electrons. The topological polar surface area (TPSA) is 72.9 Å². The number of anilines is 1. The van der Waals surface area contributed by atoms with Crippen LogP contribution in [0.4, 0.5) is 14.5 Å². The molecule has 0 unspecified atom stereocenters. The number of hydrogen-bond acceptors (Lipinski definition) is 4. The van der Waals surface area contributed by atoms with Crippen molar-refractivity contribution in [2.45, 2.75) is 6.92 Å². The largest absolute Gasteiger partial charge is 0.366 e. The third-order valence-electron chi connectivity index (χ3n) is 4.75. The molecule has 0 spiro atoms. The highest BCUT2D eigenvalue weighted by Crippen LogP contribution is 2.21. The van der Waals surface area contributed by atoms with Crippen molar-refractivity contribution in [3.63, 3.8) is 0 Å². The van der Waals surface area contributed by atoms with Gasteiger partial charge < -0.3 is 20.4 Å². The molecule has 30 heavy (non-hydrogen) atoms. The Bertz CT molecular complexity index is 869. The number of nitrogens with zero attached hydrogens (tertiary/aromatic N) is 4. The monoisotopic (exact) mass is 416 g/mol. The van der Waals surface area contributed by atoms with Crippen molar-refractivity contribution < 1.29 is 13.6 Å². The van der Waals surface area contributed by atoms with E-state index in [1.165, 1.54) is 12.3 Å². The third kappa shape index (κ3) is 5.65. The van der Waals surface area contributed by atoms with Crippen molar-refractivity contribution in [1.29, 1.82) is 0 Å². The summed E-state index contributed by atoms with van der Waals surface area (Å²) in [5, 5.41) is 6.07. The van der Waals surface area contributed by atoms with E-state index in [4.69, 9.17) is 0 Å². The van der Waals surface area contributed by atoms with E-state index in [1.807, 2.05) is 11.8 Å². The maximum atomic E-state index is 14.0. The van der Waals surface area contributed by atoms with E-state index in [1.54, 1.807) is 18.3 Å². The van der Waals surface area contributed by atoms with Crippen LogP contribution in [-0.4, -0.2) is 67.6 Å². The van der Waals surface area contributed by atoms with E-state index in [0.29, 0.717) is 51.4 Å². The fourth-order valence-corrected chi connectivity index (χ4v) is 3.24. The van der Waals surface area contributed by atoms with Crippen LogP contribution in [0, 0.1) is 11.6 Å². The van der Waals surface area contributed by atoms with Crippen molar-refractivity contribution in [2.24, 2.45) is 4.99 Å². The smallest absolute Gasteiger partial charge is 0.252 e. The number of guanidine groups is 1. The summed E-state index contributed by atoms with van der Waals surface area (Å²) < 4.78 is 27.5. The molecule has 0 atom stereocenters. The molecule has 160 valence electrons. The number of carbonyl (C=O) groups excluding carboxylic acids is 1. The summed E-state index contributed by atoms with van der Waals surface area (Å²) in [6, 6.07) is 6.93. The van der Waals surface area contributed by atoms with Crippen LogP contribution >= 0.6 is 0 Å². The molecule has 1 aromatic heterocycles. The highest BCUT2D eigenvalue weighted by molar-refractivity contribution is 5.93. The Labute approximate surface area is 174 Å². The third-order valence-corrected chi connectivity index (χ3v) is 4.75. The van der Waals surface area contributed by atoms with Gasteiger partial charge in [0.05, 0.1) is 17.8 Å². The minimum absolute atomic E-state index is 0.186. The van der Waals surface area contributed by atoms with Crippen molar-refractivity contribution in [2.75, 3.05) is 50.7 Å². The Morgan fingerprint density at radius 2 is 1.97 bits per heavy atom. The SMILES string of the molecule is CCNC(=NCCNC(=O)c1cccnc1)N1CCN(c2cc(F)ccc2F)CC1. The quantitative estimate of drug-likeness (QED) is 0.427. The number of halogens is 2. The normalized spacial score (nSPS) is 14.6. The molecule has 3 rings (SSSR count). The predicted octanol–water partition coefficient (Wildman–Crippen LogP) is 1.88. The summed E-state index contributed by atoms with van der Waals surface area (Å²) in [5.74, 6) is -0.312. The first-order valence-corrected chi connectivity index (χ1v) is 10.00. The van der Waals surface area contributed by atoms with Gasteiger partial charge in [0.25, 0.3) is 5.91 Å². The van der Waals surface area contributed by atoms with E-state index < -0.39 is 11.6 Å². The zero-order chi connectivity index (χ0) is 21.3. The van der Waals surface area contributed by atoms with Crippen LogP contribution in [0.1, 0.15) is 17.3 Å². The van der Waals surface area contributed by atoms with E-state index in [9.17, 15) is 13.6 Å². The lowest BCUT2D eigenvalue weighted by Crippen LogP contribution is -2.53. The molecule has 1 saturated heterocycles. The molecule has 0 saturated carbocycles. The summed E-state index contributed by atoms with van der Waals surface area (Å²) in [6.45, 7) is 5.89. The van der Waals surface area contributed by atoms with Crippen molar-refractivity contribution >= 4 is 17.6 Å². The molecular weight excluding hydrogens is 390 g/mol. The van der Waals surface area contributed by atoms with E-state index in [-0.39, 0.29) is 11.6 Å². The average Bonchev–Trinajstić information content (AvgIpc) is 2.78. The second kappa shape index (κ2) is 10.5. The first-order chi connectivity index (χ1) is 14.6. The van der Waals surface area contributed by atoms with Gasteiger partial charge in [-0.2, -0.15) is 0 Å². The molecule has 2 N–H and O–H groups in total. The van der Waals surface area contributed by atoms with Gasteiger partial charge in [-0.3, -0.25) is 14.8 Å². The molecule has 0 aliphatic carbocycles. The summed E-state index contributed by atoms with van der Waals surface area (Å²) in [7, 11) is 0. The molecule has 2 aromatic rings. The fourth-order valence-electron chi connectivity index (χ4n) is 3.24. The first kappa shape index (κ1) is 21.5. The summed E-state index contributed by atoms with van der Waals surface area (Å²) >= 11 is 0. The maximum Gasteiger partial charge on any atom is 0.252 e. The maximum absolute atomic E-state index is 14.0. The minimum Gasteiger partial charge on any atom is -0.366 e. The van der Waals surface area contributed by atoms with Crippen LogP contribution in [0.15, 0.2) is 47.7 Å². The second-order valence-electron chi connectivity index (χ2n) is 6.80. The molecule has 0 bridgehead atoms. The number of aromatic nitrogens is 1. The zero-order valence-electron chi connectivity index (χ0n) is 16.9. The number of aliphatic imine (C=N–C) groups is 1. The number of nitrogens with one attached hydrogen (secondary N) is 2. The van der Waals surface area contributed by atoms with Gasteiger partial charge in [0.2, 0.25) is 0 Å².